The highest BCUT2D eigenvalue weighted by molar-refractivity contribution is 6.45. The van der Waals surface area contributed by atoms with E-state index in [1.54, 1.807) is 6.07 Å². The van der Waals surface area contributed by atoms with Gasteiger partial charge < -0.3 is 5.43 Å². The van der Waals surface area contributed by atoms with E-state index in [4.69, 9.17) is 29.0 Å². The van der Waals surface area contributed by atoms with Crippen LogP contribution in [-0.4, -0.2) is 4.98 Å². The fraction of sp³-hybridized carbons (Fsp3) is 0.250. The van der Waals surface area contributed by atoms with Crippen LogP contribution >= 0.6 is 23.2 Å². The summed E-state index contributed by atoms with van der Waals surface area (Å²) in [6, 6.07) is 5.62. The van der Waals surface area contributed by atoms with Crippen LogP contribution in [0, 0.1) is 0 Å². The predicted molar refractivity (Wildman–Crippen MR) is 71.5 cm³/mol. The average molecular weight is 268 g/mol. The molecule has 0 aliphatic heterocycles. The van der Waals surface area contributed by atoms with Crippen LogP contribution in [0.2, 0.25) is 10.0 Å². The normalized spacial score (nSPS) is 15.2. The molecule has 0 atom stereocenters. The number of pyridine rings is 1. The van der Waals surface area contributed by atoms with Crippen LogP contribution in [0.4, 0.5) is 5.69 Å². The average Bonchev–Trinajstić information content (AvgIpc) is 3.17. The Kier molecular flexibility index (Phi) is 2.62. The number of nitrogens with two attached hydrogens (primary N) is 1. The van der Waals surface area contributed by atoms with Crippen LogP contribution in [0.1, 0.15) is 24.5 Å². The second kappa shape index (κ2) is 4.02. The van der Waals surface area contributed by atoms with Gasteiger partial charge in [-0.25, -0.2) is 0 Å². The molecule has 3 nitrogen and oxygen atoms in total. The molecule has 0 spiro atoms. The minimum Gasteiger partial charge on any atom is -0.323 e. The van der Waals surface area contributed by atoms with Gasteiger partial charge in [0.25, 0.3) is 0 Å². The molecule has 3 rings (SSSR count). The highest BCUT2D eigenvalue weighted by atomic mass is 35.5. The Bertz CT molecular complexity index is 594. The Morgan fingerprint density at radius 2 is 2.06 bits per heavy atom. The van der Waals surface area contributed by atoms with Crippen LogP contribution in [0.25, 0.3) is 10.9 Å². The monoisotopic (exact) mass is 267 g/mol. The van der Waals surface area contributed by atoms with Gasteiger partial charge in [0.05, 0.1) is 21.2 Å². The van der Waals surface area contributed by atoms with Gasteiger partial charge in [-0.1, -0.05) is 23.2 Å². The van der Waals surface area contributed by atoms with Crippen molar-refractivity contribution < 1.29 is 0 Å². The zero-order valence-electron chi connectivity index (χ0n) is 9.00. The summed E-state index contributed by atoms with van der Waals surface area (Å²) in [4.78, 5) is 4.59. The topological polar surface area (TPSA) is 50.9 Å². The molecule has 3 N–H and O–H groups in total. The van der Waals surface area contributed by atoms with Crippen molar-refractivity contribution in [1.82, 2.24) is 4.98 Å². The lowest BCUT2D eigenvalue weighted by molar-refractivity contribution is 1.04. The van der Waals surface area contributed by atoms with Gasteiger partial charge in [0.2, 0.25) is 0 Å². The van der Waals surface area contributed by atoms with Gasteiger partial charge >= 0.3 is 0 Å². The van der Waals surface area contributed by atoms with Crippen molar-refractivity contribution in [2.75, 3.05) is 5.43 Å². The highest BCUT2D eigenvalue weighted by Crippen LogP contribution is 2.42. The number of nitrogens with one attached hydrogen (secondary N) is 1. The van der Waals surface area contributed by atoms with Crippen LogP contribution in [0.3, 0.4) is 0 Å². The van der Waals surface area contributed by atoms with Gasteiger partial charge in [0, 0.05) is 17.0 Å². The summed E-state index contributed by atoms with van der Waals surface area (Å²) >= 11 is 12.2. The summed E-state index contributed by atoms with van der Waals surface area (Å²) < 4.78 is 0. The summed E-state index contributed by atoms with van der Waals surface area (Å²) in [5.41, 5.74) is 5.30. The summed E-state index contributed by atoms with van der Waals surface area (Å²) in [5, 5.41) is 1.90. The lowest BCUT2D eigenvalue weighted by Crippen LogP contribution is -2.08. The van der Waals surface area contributed by atoms with Crippen molar-refractivity contribution in [3.63, 3.8) is 0 Å². The Morgan fingerprint density at radius 3 is 2.71 bits per heavy atom. The van der Waals surface area contributed by atoms with Crippen molar-refractivity contribution in [2.45, 2.75) is 18.8 Å². The van der Waals surface area contributed by atoms with Crippen LogP contribution in [0.5, 0.6) is 0 Å². The molecule has 0 radical (unpaired) electrons. The van der Waals surface area contributed by atoms with Crippen molar-refractivity contribution in [1.29, 1.82) is 0 Å². The fourth-order valence-corrected chi connectivity index (χ4v) is 2.32. The predicted octanol–water partition coefficient (Wildman–Crippen LogP) is 3.70. The number of anilines is 1. The number of aromatic nitrogens is 1. The summed E-state index contributed by atoms with van der Waals surface area (Å²) in [6.45, 7) is 0. The SMILES string of the molecule is NNc1cc(C2CC2)nc2c(Cl)c(Cl)ccc12. The minimum atomic E-state index is 0.489. The molecule has 1 saturated carbocycles. The van der Waals surface area contributed by atoms with E-state index in [-0.39, 0.29) is 0 Å². The first-order valence-corrected chi connectivity index (χ1v) is 6.21. The third-order valence-corrected chi connectivity index (χ3v) is 3.84. The molecule has 1 heterocycles. The molecule has 17 heavy (non-hydrogen) atoms. The highest BCUT2D eigenvalue weighted by Gasteiger charge is 2.26. The molecule has 5 heteroatoms. The molecule has 2 aromatic rings. The molecule has 1 aromatic heterocycles. The molecular formula is C12H11Cl2N3. The molecule has 1 aromatic carbocycles. The van der Waals surface area contributed by atoms with E-state index in [1.807, 2.05) is 12.1 Å². The van der Waals surface area contributed by atoms with E-state index in [1.165, 1.54) is 12.8 Å². The third kappa shape index (κ3) is 1.84. The molecule has 0 saturated heterocycles. The Hall–Kier alpha value is -1.03. The van der Waals surface area contributed by atoms with E-state index >= 15 is 0 Å². The third-order valence-electron chi connectivity index (χ3n) is 3.04. The number of rotatable bonds is 2. The molecule has 88 valence electrons. The lowest BCUT2D eigenvalue weighted by Gasteiger charge is -2.10. The summed E-state index contributed by atoms with van der Waals surface area (Å²) in [5.74, 6) is 6.08. The molecule has 0 unspecified atom stereocenters. The van der Waals surface area contributed by atoms with E-state index in [0.717, 1.165) is 22.3 Å². The van der Waals surface area contributed by atoms with Crippen LogP contribution in [-0.2, 0) is 0 Å². The summed E-state index contributed by atoms with van der Waals surface area (Å²) in [6.07, 6.45) is 2.36. The molecule has 0 amide bonds. The van der Waals surface area contributed by atoms with Crippen LogP contribution < -0.4 is 11.3 Å². The number of nitrogens with zero attached hydrogens (tertiary/aromatic N) is 1. The number of hydrogen-bond donors (Lipinski definition) is 2. The Balaban J connectivity index is 2.32. The molecule has 1 aliphatic carbocycles. The molecule has 1 fully saturated rings. The molecule has 1 aliphatic rings. The standard InChI is InChI=1S/C12H11Cl2N3/c13-8-4-3-7-10(17-15)5-9(6-1-2-6)16-12(7)11(8)14/h3-6H,1-2,15H2,(H,16,17). The second-order valence-corrected chi connectivity index (χ2v) is 5.06. The van der Waals surface area contributed by atoms with Gasteiger partial charge in [-0.3, -0.25) is 10.8 Å². The molecule has 0 bridgehead atoms. The van der Waals surface area contributed by atoms with E-state index < -0.39 is 0 Å². The van der Waals surface area contributed by atoms with Crippen molar-refractivity contribution in [3.05, 3.63) is 33.9 Å². The largest absolute Gasteiger partial charge is 0.323 e. The second-order valence-electron chi connectivity index (χ2n) is 4.27. The maximum Gasteiger partial charge on any atom is 0.0928 e. The number of halogens is 2. The minimum absolute atomic E-state index is 0.489. The number of hydrogen-bond acceptors (Lipinski definition) is 3. The van der Waals surface area contributed by atoms with Crippen molar-refractivity contribution in [2.24, 2.45) is 5.84 Å². The van der Waals surface area contributed by atoms with Crippen LogP contribution in [0.15, 0.2) is 18.2 Å². The maximum absolute atomic E-state index is 6.19. The van der Waals surface area contributed by atoms with E-state index in [9.17, 15) is 0 Å². The Morgan fingerprint density at radius 1 is 1.29 bits per heavy atom. The number of nitrogen functional groups attached to an aromatic ring is 1. The van der Waals surface area contributed by atoms with Crippen molar-refractivity contribution >= 4 is 39.8 Å². The van der Waals surface area contributed by atoms with Gasteiger partial charge in [-0.15, -0.1) is 0 Å². The first kappa shape index (κ1) is 11.1. The number of fused-ring (bicyclic) bond motifs is 1. The Labute approximate surface area is 109 Å². The van der Waals surface area contributed by atoms with E-state index in [2.05, 4.69) is 10.4 Å². The van der Waals surface area contributed by atoms with Gasteiger partial charge in [-0.05, 0) is 31.0 Å². The van der Waals surface area contributed by atoms with Gasteiger partial charge in [0.1, 0.15) is 0 Å². The number of benzene rings is 1. The summed E-state index contributed by atoms with van der Waals surface area (Å²) in [7, 11) is 0. The van der Waals surface area contributed by atoms with Crippen molar-refractivity contribution in [3.8, 4) is 0 Å². The zero-order chi connectivity index (χ0) is 12.0. The smallest absolute Gasteiger partial charge is 0.0928 e. The van der Waals surface area contributed by atoms with Gasteiger partial charge in [-0.2, -0.15) is 0 Å². The zero-order valence-corrected chi connectivity index (χ0v) is 10.5. The molecular weight excluding hydrogens is 257 g/mol. The van der Waals surface area contributed by atoms with Gasteiger partial charge in [0.15, 0.2) is 0 Å². The number of hydrazine groups is 1. The quantitative estimate of drug-likeness (QED) is 0.645. The maximum atomic E-state index is 6.19. The first-order chi connectivity index (χ1) is 8.20. The lowest BCUT2D eigenvalue weighted by atomic mass is 10.1. The fourth-order valence-electron chi connectivity index (χ4n) is 1.96. The first-order valence-electron chi connectivity index (χ1n) is 5.46. The van der Waals surface area contributed by atoms with E-state index in [0.29, 0.717) is 16.0 Å².